The number of rotatable bonds is 32. The molecular weight excluding hydrogens is 791 g/mol. The summed E-state index contributed by atoms with van der Waals surface area (Å²) < 4.78 is 35.5. The summed E-state index contributed by atoms with van der Waals surface area (Å²) in [5.74, 6) is 12.2. The fraction of sp³-hybridized carbons (Fsp3) is 0.853. The van der Waals surface area contributed by atoms with Crippen molar-refractivity contribution in [2.45, 2.75) is 95.5 Å². The Bertz CT molecular complexity index is 1230. The molecule has 1 saturated carbocycles. The lowest BCUT2D eigenvalue weighted by molar-refractivity contribution is -0.133. The summed E-state index contributed by atoms with van der Waals surface area (Å²) in [4.78, 5) is 79.0. The van der Waals surface area contributed by atoms with E-state index in [1.165, 1.54) is 11.4 Å². The van der Waals surface area contributed by atoms with Crippen LogP contribution in [0.4, 0.5) is 0 Å². The minimum Gasteiger partial charge on any atom is -0.377 e. The molecule has 0 spiro atoms. The molecule has 0 aromatic carbocycles. The van der Waals surface area contributed by atoms with Crippen molar-refractivity contribution in [3.05, 3.63) is 0 Å². The Morgan fingerprint density at radius 2 is 1.09 bits per heavy atom. The minimum absolute atomic E-state index is 0.0302. The number of ether oxygens (including phenoxy) is 3. The van der Waals surface area contributed by atoms with Crippen molar-refractivity contribution in [2.24, 2.45) is 23.6 Å². The second kappa shape index (κ2) is 30.6. The number of carbonyl (C=O) groups is 5. The van der Waals surface area contributed by atoms with Gasteiger partial charge in [-0.1, -0.05) is 32.2 Å². The maximum Gasteiger partial charge on any atom is 0.262 e. The molecule has 23 heteroatoms. The molecule has 0 aliphatic heterocycles. The number of hydrogen-bond acceptors (Lipinski definition) is 17. The zero-order valence-electron chi connectivity index (χ0n) is 33.8. The molecule has 11 N–H and O–H groups in total. The first-order valence-electron chi connectivity index (χ1n) is 19.2. The van der Waals surface area contributed by atoms with Gasteiger partial charge in [-0.05, 0) is 44.8 Å². The van der Waals surface area contributed by atoms with E-state index in [1.54, 1.807) is 6.26 Å². The molecule has 1 fully saturated rings. The molecule has 5 amide bonds. The highest BCUT2D eigenvalue weighted by Crippen LogP contribution is 2.68. The van der Waals surface area contributed by atoms with Gasteiger partial charge < -0.3 is 59.8 Å². The van der Waals surface area contributed by atoms with E-state index in [0.717, 1.165) is 0 Å². The lowest BCUT2D eigenvalue weighted by atomic mass is 9.86. The molecule has 0 radical (unpaired) electrons. The van der Waals surface area contributed by atoms with E-state index in [1.807, 2.05) is 20.8 Å². The predicted molar refractivity (Wildman–Crippen MR) is 212 cm³/mol. The van der Waals surface area contributed by atoms with Crippen LogP contribution in [-0.2, 0) is 61.8 Å². The van der Waals surface area contributed by atoms with Crippen LogP contribution < -0.4 is 44.3 Å². The van der Waals surface area contributed by atoms with Gasteiger partial charge in [0.25, 0.3) is 6.57 Å². The normalized spacial score (nSPS) is 17.8. The molecule has 3 atom stereocenters. The largest absolute Gasteiger partial charge is 0.377 e. The van der Waals surface area contributed by atoms with E-state index in [0.29, 0.717) is 25.7 Å². The van der Waals surface area contributed by atoms with Crippen molar-refractivity contribution in [1.29, 1.82) is 0 Å². The minimum atomic E-state index is -2.99. The quantitative estimate of drug-likeness (QED) is 0.0241. The van der Waals surface area contributed by atoms with Gasteiger partial charge in [0.2, 0.25) is 29.5 Å². The zero-order chi connectivity index (χ0) is 42.5. The number of nitrogens with two attached hydrogens (primary N) is 3. The summed E-state index contributed by atoms with van der Waals surface area (Å²) in [5, 5.41) is 13.0. The maximum absolute atomic E-state index is 13.5. The number of nitrogens with one attached hydrogen (secondary N) is 5. The smallest absolute Gasteiger partial charge is 0.262 e. The Hall–Kier alpha value is -2.47. The van der Waals surface area contributed by atoms with Gasteiger partial charge in [0, 0.05) is 43.5 Å². The highest BCUT2D eigenvalue weighted by Gasteiger charge is 2.41. The number of carbonyl (C=O) groups excluding carboxylic acids is 5. The van der Waals surface area contributed by atoms with Crippen LogP contribution in [-0.4, -0.2) is 138 Å². The van der Waals surface area contributed by atoms with E-state index in [9.17, 15) is 28.5 Å². The highest BCUT2D eigenvalue weighted by atomic mass is 32.7. The van der Waals surface area contributed by atoms with Crippen molar-refractivity contribution < 1.29 is 61.8 Å². The topological polar surface area (TPSA) is 305 Å². The van der Waals surface area contributed by atoms with Crippen LogP contribution in [0.5, 0.6) is 0 Å². The van der Waals surface area contributed by atoms with E-state index in [-0.39, 0.29) is 123 Å². The summed E-state index contributed by atoms with van der Waals surface area (Å²) in [6.07, 6.45) is 3.04. The first-order valence-corrected chi connectivity index (χ1v) is 22.6. The molecular formula is C34H67N8O13PS. The van der Waals surface area contributed by atoms with Crippen LogP contribution in [0.25, 0.3) is 0 Å². The average molecular weight is 859 g/mol. The highest BCUT2D eigenvalue weighted by molar-refractivity contribution is 8.56. The average Bonchev–Trinajstić information content (AvgIpc) is 3.18. The van der Waals surface area contributed by atoms with Crippen LogP contribution in [0.3, 0.4) is 0 Å². The summed E-state index contributed by atoms with van der Waals surface area (Å²) in [6.45, 7) is 4.86. The Morgan fingerprint density at radius 3 is 1.53 bits per heavy atom. The third kappa shape index (κ3) is 23.0. The lowest BCUT2D eigenvalue weighted by Crippen LogP contribution is -2.51. The molecule has 1 aliphatic rings. The third-order valence-corrected chi connectivity index (χ3v) is 14.7. The van der Waals surface area contributed by atoms with Gasteiger partial charge in [0.05, 0.1) is 65.6 Å². The number of amides is 5. The van der Waals surface area contributed by atoms with Gasteiger partial charge in [-0.15, -0.1) is 0 Å². The van der Waals surface area contributed by atoms with Crippen LogP contribution >= 0.6 is 18.0 Å². The molecule has 3 unspecified atom stereocenters. The first kappa shape index (κ1) is 52.5. The summed E-state index contributed by atoms with van der Waals surface area (Å²) in [6, 6.07) is -2.18. The Kier molecular flexibility index (Phi) is 28.2. The third-order valence-electron chi connectivity index (χ3n) is 8.70. The van der Waals surface area contributed by atoms with Crippen molar-refractivity contribution in [3.63, 3.8) is 0 Å². The Morgan fingerprint density at radius 1 is 0.649 bits per heavy atom. The molecule has 0 aromatic heterocycles. The molecule has 21 nitrogen and oxygen atoms in total. The molecule has 0 heterocycles. The summed E-state index contributed by atoms with van der Waals surface area (Å²) in [5.41, 5.74) is 0. The summed E-state index contributed by atoms with van der Waals surface area (Å²) >= 11 is 1.23. The van der Waals surface area contributed by atoms with Crippen LogP contribution in [0, 0.1) is 5.92 Å². The van der Waals surface area contributed by atoms with Crippen LogP contribution in [0.2, 0.25) is 0 Å². The predicted octanol–water partition coefficient (Wildman–Crippen LogP) is -0.484. The molecule has 1 rings (SSSR count). The molecule has 57 heavy (non-hydrogen) atoms. The molecule has 0 saturated heterocycles. The van der Waals surface area contributed by atoms with Crippen molar-refractivity contribution >= 4 is 47.5 Å². The fourth-order valence-electron chi connectivity index (χ4n) is 5.46. The van der Waals surface area contributed by atoms with Gasteiger partial charge in [-0.3, -0.25) is 28.5 Å². The van der Waals surface area contributed by atoms with Gasteiger partial charge in [-0.2, -0.15) is 0 Å². The van der Waals surface area contributed by atoms with Crippen molar-refractivity contribution in [3.8, 4) is 0 Å². The van der Waals surface area contributed by atoms with Gasteiger partial charge in [-0.25, -0.2) is 17.7 Å². The van der Waals surface area contributed by atoms with E-state index in [4.69, 9.17) is 36.4 Å². The Labute approximate surface area is 339 Å². The van der Waals surface area contributed by atoms with Crippen LogP contribution in [0.1, 0.15) is 72.1 Å². The number of hydrogen-bond donors (Lipinski definition) is 8. The second-order valence-electron chi connectivity index (χ2n) is 14.1. The monoisotopic (exact) mass is 858 g/mol. The SMILES string of the molecule is CSP(=O)(O[C@H]1CC[C@H](C(=O)NC(CCC(=O)NC(CCC(=O)NCCOCCON)C(=O)NCCOCCON)C(=O)NCCOCCON)CC1)C(C)(C)C. The molecule has 0 aromatic rings. The van der Waals surface area contributed by atoms with E-state index < -0.39 is 47.4 Å². The molecule has 332 valence electrons. The van der Waals surface area contributed by atoms with Gasteiger partial charge in [0.15, 0.2) is 0 Å². The summed E-state index contributed by atoms with van der Waals surface area (Å²) in [7, 11) is 0. The first-order chi connectivity index (χ1) is 27.2. The van der Waals surface area contributed by atoms with Crippen molar-refractivity contribution in [2.75, 3.05) is 85.4 Å². The van der Waals surface area contributed by atoms with Gasteiger partial charge >= 0.3 is 0 Å². The lowest BCUT2D eigenvalue weighted by Gasteiger charge is -2.35. The van der Waals surface area contributed by atoms with E-state index >= 15 is 0 Å². The van der Waals surface area contributed by atoms with Gasteiger partial charge in [0.1, 0.15) is 12.1 Å². The van der Waals surface area contributed by atoms with E-state index in [2.05, 4.69) is 41.1 Å². The van der Waals surface area contributed by atoms with Crippen LogP contribution in [0.15, 0.2) is 0 Å². The standard InChI is InChI=1S/C34H67N8O13PS/c1-34(2,3)56(48,57-4)55-26-7-5-25(6-8-26)31(45)42-28(33(47)40-15-18-51-21-24-54-37)10-12-30(44)41-27(32(46)39-14-17-50-20-23-53-36)9-11-29(43)38-13-16-49-19-22-52-35/h25-28H,5-24,35-37H2,1-4H3,(H,38,43)(H,39,46)(H,40,47)(H,41,44)(H,42,45)/t25-,26-,27?,28?,56?. The molecule has 0 bridgehead atoms. The fourth-order valence-corrected chi connectivity index (χ4v) is 9.28. The van der Waals surface area contributed by atoms with Crippen molar-refractivity contribution in [1.82, 2.24) is 26.6 Å². The molecule has 1 aliphatic carbocycles. The zero-order valence-corrected chi connectivity index (χ0v) is 35.6. The second-order valence-corrected chi connectivity index (χ2v) is 19.5. The maximum atomic E-state index is 13.5. The Balaban J connectivity index is 2.91.